The van der Waals surface area contributed by atoms with Crippen LogP contribution in [0.1, 0.15) is 13.8 Å². The predicted octanol–water partition coefficient (Wildman–Crippen LogP) is -0.634. The highest BCUT2D eigenvalue weighted by molar-refractivity contribution is 7.82. The zero-order valence-electron chi connectivity index (χ0n) is 9.49. The molecule has 0 amide bonds. The number of hydrogen-bond acceptors (Lipinski definition) is 1. The van der Waals surface area contributed by atoms with E-state index in [1.807, 2.05) is 0 Å². The molecule has 1 aromatic rings. The SMILES string of the molecule is CC[P+](CC)(CCO)c1ccccc1.[Br-]. The normalized spacial score (nSPS) is 10.9. The average molecular weight is 291 g/mol. The van der Waals surface area contributed by atoms with Crippen LogP contribution in [0.15, 0.2) is 30.3 Å². The first-order chi connectivity index (χ1) is 6.79. The summed E-state index contributed by atoms with van der Waals surface area (Å²) in [5.74, 6) is 0. The second-order valence-electron chi connectivity index (χ2n) is 3.56. The molecule has 0 aliphatic rings. The first kappa shape index (κ1) is 15.1. The molecule has 0 spiro atoms. The maximum absolute atomic E-state index is 9.15. The van der Waals surface area contributed by atoms with Crippen LogP contribution in [0.3, 0.4) is 0 Å². The smallest absolute Gasteiger partial charge is 0.0940 e. The van der Waals surface area contributed by atoms with Crippen molar-refractivity contribution in [1.29, 1.82) is 0 Å². The minimum Gasteiger partial charge on any atom is -1.00 e. The quantitative estimate of drug-likeness (QED) is 0.716. The molecule has 0 unspecified atom stereocenters. The van der Waals surface area contributed by atoms with Gasteiger partial charge in [-0.3, -0.25) is 0 Å². The highest BCUT2D eigenvalue weighted by Gasteiger charge is 2.35. The number of halogens is 1. The lowest BCUT2D eigenvalue weighted by Gasteiger charge is -2.23. The first-order valence-corrected chi connectivity index (χ1v) is 7.66. The highest BCUT2D eigenvalue weighted by Crippen LogP contribution is 2.56. The summed E-state index contributed by atoms with van der Waals surface area (Å²) in [5.41, 5.74) is 0. The van der Waals surface area contributed by atoms with E-state index in [1.165, 1.54) is 17.6 Å². The second kappa shape index (κ2) is 7.38. The maximum atomic E-state index is 9.15. The Hall–Kier alpha value is 0.0900. The van der Waals surface area contributed by atoms with Crippen LogP contribution < -0.4 is 22.3 Å². The molecule has 1 nitrogen and oxygen atoms in total. The van der Waals surface area contributed by atoms with Gasteiger partial charge >= 0.3 is 0 Å². The third-order valence-electron chi connectivity index (χ3n) is 3.04. The van der Waals surface area contributed by atoms with Crippen molar-refractivity contribution in [3.8, 4) is 0 Å². The Kier molecular flexibility index (Phi) is 7.42. The number of benzene rings is 1. The Morgan fingerprint density at radius 1 is 1.07 bits per heavy atom. The predicted molar refractivity (Wildman–Crippen MR) is 66.0 cm³/mol. The summed E-state index contributed by atoms with van der Waals surface area (Å²) >= 11 is 0. The molecule has 0 aliphatic carbocycles. The molecule has 0 radical (unpaired) electrons. The van der Waals surface area contributed by atoms with E-state index in [1.54, 1.807) is 0 Å². The van der Waals surface area contributed by atoms with E-state index in [2.05, 4.69) is 44.2 Å². The fourth-order valence-corrected chi connectivity index (χ4v) is 5.23. The van der Waals surface area contributed by atoms with Crippen molar-refractivity contribution in [3.05, 3.63) is 30.3 Å². The summed E-state index contributed by atoms with van der Waals surface area (Å²) in [6, 6.07) is 10.7. The molecule has 15 heavy (non-hydrogen) atoms. The Morgan fingerprint density at radius 2 is 1.60 bits per heavy atom. The summed E-state index contributed by atoms with van der Waals surface area (Å²) in [4.78, 5) is 0. The van der Waals surface area contributed by atoms with Crippen molar-refractivity contribution in [1.82, 2.24) is 0 Å². The highest BCUT2D eigenvalue weighted by atomic mass is 79.9. The molecular weight excluding hydrogens is 271 g/mol. The lowest BCUT2D eigenvalue weighted by atomic mass is 10.4. The molecule has 0 fully saturated rings. The number of rotatable bonds is 5. The van der Waals surface area contributed by atoms with E-state index in [9.17, 15) is 0 Å². The number of hydrogen-bond donors (Lipinski definition) is 1. The molecule has 3 heteroatoms. The van der Waals surface area contributed by atoms with Gasteiger partial charge in [0.05, 0.1) is 30.4 Å². The van der Waals surface area contributed by atoms with Crippen LogP contribution in [0.5, 0.6) is 0 Å². The standard InChI is InChI=1S/C12H20OP.BrH/c1-3-14(4-2,11-10-13)12-8-6-5-7-9-12;/h5-9,13H,3-4,10-11H2,1-2H3;1H/q+1;/p-1. The Bertz CT molecular complexity index is 260. The molecule has 1 aromatic carbocycles. The maximum Gasteiger partial charge on any atom is 0.0940 e. The summed E-state index contributed by atoms with van der Waals surface area (Å²) in [5, 5.41) is 10.6. The fraction of sp³-hybridized carbons (Fsp3) is 0.500. The van der Waals surface area contributed by atoms with Gasteiger partial charge in [0, 0.05) is 7.26 Å². The van der Waals surface area contributed by atoms with Crippen LogP contribution in [0.2, 0.25) is 0 Å². The van der Waals surface area contributed by atoms with E-state index in [0.717, 1.165) is 6.16 Å². The van der Waals surface area contributed by atoms with Crippen LogP contribution >= 0.6 is 7.26 Å². The van der Waals surface area contributed by atoms with Crippen LogP contribution in [-0.2, 0) is 0 Å². The van der Waals surface area contributed by atoms with E-state index >= 15 is 0 Å². The molecule has 86 valence electrons. The van der Waals surface area contributed by atoms with Gasteiger partial charge in [0.15, 0.2) is 0 Å². The fourth-order valence-electron chi connectivity index (χ4n) is 1.97. The van der Waals surface area contributed by atoms with Crippen LogP contribution in [-0.4, -0.2) is 30.2 Å². The molecule has 0 bridgehead atoms. The summed E-state index contributed by atoms with van der Waals surface area (Å²) < 4.78 is 0. The van der Waals surface area contributed by atoms with Gasteiger partial charge in [0.1, 0.15) is 0 Å². The van der Waals surface area contributed by atoms with Crippen molar-refractivity contribution in [3.63, 3.8) is 0 Å². The Labute approximate surface area is 104 Å². The van der Waals surface area contributed by atoms with Gasteiger partial charge in [-0.2, -0.15) is 0 Å². The van der Waals surface area contributed by atoms with Crippen LogP contribution in [0.4, 0.5) is 0 Å². The molecule has 0 aliphatic heterocycles. The number of aliphatic hydroxyl groups excluding tert-OH is 1. The third-order valence-corrected chi connectivity index (χ3v) is 7.91. The van der Waals surface area contributed by atoms with Crippen molar-refractivity contribution < 1.29 is 22.1 Å². The van der Waals surface area contributed by atoms with Crippen molar-refractivity contribution >= 4 is 12.6 Å². The molecule has 0 saturated heterocycles. The molecule has 1 N–H and O–H groups in total. The Morgan fingerprint density at radius 3 is 2.00 bits per heavy atom. The van der Waals surface area contributed by atoms with E-state index in [4.69, 9.17) is 5.11 Å². The zero-order valence-corrected chi connectivity index (χ0v) is 12.0. The Balaban J connectivity index is 0.00000196. The van der Waals surface area contributed by atoms with Crippen molar-refractivity contribution in [2.24, 2.45) is 0 Å². The lowest BCUT2D eigenvalue weighted by Crippen LogP contribution is -3.00. The summed E-state index contributed by atoms with van der Waals surface area (Å²) in [6.45, 7) is 4.82. The molecule has 0 saturated carbocycles. The van der Waals surface area contributed by atoms with Gasteiger partial charge in [0.25, 0.3) is 0 Å². The van der Waals surface area contributed by atoms with Crippen molar-refractivity contribution in [2.45, 2.75) is 13.8 Å². The topological polar surface area (TPSA) is 20.2 Å². The molecule has 1 rings (SSSR count). The van der Waals surface area contributed by atoms with Gasteiger partial charge in [-0.05, 0) is 26.0 Å². The minimum atomic E-state index is -1.06. The molecule has 0 aromatic heterocycles. The second-order valence-corrected chi connectivity index (χ2v) is 8.08. The van der Waals surface area contributed by atoms with E-state index in [0.29, 0.717) is 6.61 Å². The largest absolute Gasteiger partial charge is 1.00 e. The van der Waals surface area contributed by atoms with Gasteiger partial charge in [-0.25, -0.2) is 0 Å². The number of aliphatic hydroxyl groups is 1. The van der Waals surface area contributed by atoms with Gasteiger partial charge in [-0.1, -0.05) is 18.2 Å². The molecule has 0 atom stereocenters. The monoisotopic (exact) mass is 290 g/mol. The molecular formula is C12H20BrOP. The van der Waals surface area contributed by atoms with Gasteiger partial charge in [0.2, 0.25) is 0 Å². The van der Waals surface area contributed by atoms with Gasteiger partial charge < -0.3 is 22.1 Å². The van der Waals surface area contributed by atoms with Crippen LogP contribution in [0, 0.1) is 0 Å². The average Bonchev–Trinajstić information content (AvgIpc) is 2.27. The lowest BCUT2D eigenvalue weighted by molar-refractivity contribution is -0.00000414. The van der Waals surface area contributed by atoms with Crippen molar-refractivity contribution in [2.75, 3.05) is 25.1 Å². The van der Waals surface area contributed by atoms with Crippen LogP contribution in [0.25, 0.3) is 0 Å². The third kappa shape index (κ3) is 3.55. The summed E-state index contributed by atoms with van der Waals surface area (Å²) in [7, 11) is -1.06. The van der Waals surface area contributed by atoms with E-state index < -0.39 is 7.26 Å². The van der Waals surface area contributed by atoms with Gasteiger partial charge in [-0.15, -0.1) is 0 Å². The first-order valence-electron chi connectivity index (χ1n) is 5.31. The molecule has 0 heterocycles. The van der Waals surface area contributed by atoms with E-state index in [-0.39, 0.29) is 17.0 Å². The zero-order chi connectivity index (χ0) is 10.4. The minimum absolute atomic E-state index is 0. The summed E-state index contributed by atoms with van der Waals surface area (Å²) in [6.07, 6.45) is 3.38.